The molecule has 2 atom stereocenters. The molecule has 8 heteroatoms. The van der Waals surface area contributed by atoms with Gasteiger partial charge in [-0.25, -0.2) is 4.39 Å². The predicted molar refractivity (Wildman–Crippen MR) is 102 cm³/mol. The van der Waals surface area contributed by atoms with E-state index in [1.807, 2.05) is 6.92 Å². The molecule has 0 saturated carbocycles. The van der Waals surface area contributed by atoms with Crippen molar-refractivity contribution in [2.45, 2.75) is 45.2 Å². The number of rotatable bonds is 3. The first-order valence-electron chi connectivity index (χ1n) is 9.61. The summed E-state index contributed by atoms with van der Waals surface area (Å²) in [5.74, 6) is -1.13. The number of hydrogen-bond donors (Lipinski definition) is 2. The normalized spacial score (nSPS) is 21.2. The standard InChI is InChI=1S/C20H24FN5O2/c1-3-12-8-16(24-23-12)19(27)25-9-14-6-5-13(25)10-26(14)20(28)17-15(21)7-4-11(2)18(17)22/h4,7-8,13-14H,3,5-6,9-10,22H2,1-2H3,(H,23,24). The number of benzene rings is 1. The minimum atomic E-state index is -0.605. The van der Waals surface area contributed by atoms with E-state index in [1.165, 1.54) is 6.07 Å². The van der Waals surface area contributed by atoms with Crippen LogP contribution in [-0.2, 0) is 6.42 Å². The summed E-state index contributed by atoms with van der Waals surface area (Å²) in [4.78, 5) is 29.4. The lowest BCUT2D eigenvalue weighted by molar-refractivity contribution is -0.00650. The van der Waals surface area contributed by atoms with E-state index in [-0.39, 0.29) is 29.2 Å². The fourth-order valence-corrected chi connectivity index (χ4v) is 4.18. The Bertz CT molecular complexity index is 941. The first-order chi connectivity index (χ1) is 13.4. The number of nitrogens with two attached hydrogens (primary N) is 1. The van der Waals surface area contributed by atoms with Crippen molar-refractivity contribution >= 4 is 17.5 Å². The van der Waals surface area contributed by atoms with Gasteiger partial charge in [-0.05, 0) is 43.9 Å². The highest BCUT2D eigenvalue weighted by Gasteiger charge is 2.44. The summed E-state index contributed by atoms with van der Waals surface area (Å²) in [6, 6.07) is 4.37. The van der Waals surface area contributed by atoms with E-state index in [4.69, 9.17) is 5.73 Å². The highest BCUT2D eigenvalue weighted by molar-refractivity contribution is 6.00. The van der Waals surface area contributed by atoms with Crippen LogP contribution in [0.25, 0.3) is 0 Å². The van der Waals surface area contributed by atoms with Crippen molar-refractivity contribution < 1.29 is 14.0 Å². The number of anilines is 1. The average molecular weight is 385 g/mol. The van der Waals surface area contributed by atoms with Crippen LogP contribution < -0.4 is 5.73 Å². The second kappa shape index (κ2) is 6.92. The zero-order valence-corrected chi connectivity index (χ0v) is 16.0. The Hall–Kier alpha value is -2.90. The highest BCUT2D eigenvalue weighted by Crippen LogP contribution is 2.32. The number of piperazine rings is 1. The molecule has 0 spiro atoms. The van der Waals surface area contributed by atoms with Crippen LogP contribution in [-0.4, -0.2) is 57.0 Å². The minimum Gasteiger partial charge on any atom is -0.398 e. The van der Waals surface area contributed by atoms with Crippen LogP contribution in [0.4, 0.5) is 10.1 Å². The van der Waals surface area contributed by atoms with Gasteiger partial charge in [-0.2, -0.15) is 5.10 Å². The first-order valence-corrected chi connectivity index (χ1v) is 9.61. The number of aromatic nitrogens is 2. The van der Waals surface area contributed by atoms with E-state index in [0.717, 1.165) is 25.0 Å². The molecule has 0 radical (unpaired) electrons. The van der Waals surface area contributed by atoms with Gasteiger partial charge in [-0.1, -0.05) is 13.0 Å². The fourth-order valence-electron chi connectivity index (χ4n) is 4.18. The van der Waals surface area contributed by atoms with Gasteiger partial charge in [-0.3, -0.25) is 14.7 Å². The van der Waals surface area contributed by atoms with Gasteiger partial charge in [0.05, 0.1) is 11.3 Å². The van der Waals surface area contributed by atoms with Gasteiger partial charge in [0, 0.05) is 30.9 Å². The third kappa shape index (κ3) is 2.93. The molecule has 7 nitrogen and oxygen atoms in total. The molecule has 2 aromatic rings. The Morgan fingerprint density at radius 1 is 1.21 bits per heavy atom. The molecule has 4 heterocycles. The molecule has 3 aliphatic heterocycles. The monoisotopic (exact) mass is 385 g/mol. The SMILES string of the molecule is CCc1cc(C(=O)N2CC3CCC2CN3C(=O)c2c(F)ccc(C)c2N)n[nH]1. The summed E-state index contributed by atoms with van der Waals surface area (Å²) < 4.78 is 14.3. The number of H-pyrrole nitrogens is 1. The van der Waals surface area contributed by atoms with E-state index in [1.54, 1.807) is 28.9 Å². The summed E-state index contributed by atoms with van der Waals surface area (Å²) in [6.45, 7) is 4.55. The topological polar surface area (TPSA) is 95.3 Å². The molecule has 3 aliphatic rings. The van der Waals surface area contributed by atoms with Crippen molar-refractivity contribution in [3.05, 3.63) is 46.5 Å². The van der Waals surface area contributed by atoms with E-state index in [0.29, 0.717) is 24.3 Å². The zero-order valence-electron chi connectivity index (χ0n) is 16.0. The Labute approximate surface area is 162 Å². The van der Waals surface area contributed by atoms with Crippen molar-refractivity contribution in [1.82, 2.24) is 20.0 Å². The van der Waals surface area contributed by atoms with Crippen LogP contribution in [0, 0.1) is 12.7 Å². The average Bonchev–Trinajstić information content (AvgIpc) is 3.20. The molecular formula is C20H24FN5O2. The predicted octanol–water partition coefficient (Wildman–Crippen LogP) is 2.13. The maximum Gasteiger partial charge on any atom is 0.274 e. The number of nitrogens with one attached hydrogen (secondary N) is 1. The van der Waals surface area contributed by atoms with Gasteiger partial charge < -0.3 is 15.5 Å². The lowest BCUT2D eigenvalue weighted by Crippen LogP contribution is -2.65. The van der Waals surface area contributed by atoms with Crippen LogP contribution in [0.2, 0.25) is 0 Å². The number of aromatic amines is 1. The van der Waals surface area contributed by atoms with Crippen molar-refractivity contribution in [1.29, 1.82) is 0 Å². The first kappa shape index (κ1) is 18.5. The lowest BCUT2D eigenvalue weighted by Gasteiger charge is -2.51. The molecule has 0 aliphatic carbocycles. The zero-order chi connectivity index (χ0) is 20.0. The Morgan fingerprint density at radius 2 is 1.86 bits per heavy atom. The molecular weight excluding hydrogens is 361 g/mol. The van der Waals surface area contributed by atoms with E-state index in [2.05, 4.69) is 10.2 Å². The fraction of sp³-hybridized carbons (Fsp3) is 0.450. The number of amides is 2. The molecule has 3 fully saturated rings. The quantitative estimate of drug-likeness (QED) is 0.792. The maximum absolute atomic E-state index is 14.3. The van der Waals surface area contributed by atoms with Crippen LogP contribution in [0.3, 0.4) is 0 Å². The third-order valence-corrected chi connectivity index (χ3v) is 5.91. The van der Waals surface area contributed by atoms with Gasteiger partial charge in [0.15, 0.2) is 0 Å². The second-order valence-corrected chi connectivity index (χ2v) is 7.58. The number of hydrogen-bond acceptors (Lipinski definition) is 4. The van der Waals surface area contributed by atoms with Crippen LogP contribution in [0.15, 0.2) is 18.2 Å². The number of nitrogen functional groups attached to an aromatic ring is 1. The molecule has 3 N–H and O–H groups in total. The van der Waals surface area contributed by atoms with Gasteiger partial charge in [0.25, 0.3) is 11.8 Å². The Kier molecular flexibility index (Phi) is 4.56. The summed E-state index contributed by atoms with van der Waals surface area (Å²) >= 11 is 0. The van der Waals surface area contributed by atoms with E-state index >= 15 is 0 Å². The minimum absolute atomic E-state index is 0.0645. The molecule has 28 heavy (non-hydrogen) atoms. The summed E-state index contributed by atoms with van der Waals surface area (Å²) in [5, 5.41) is 6.99. The lowest BCUT2D eigenvalue weighted by atomic mass is 9.89. The number of nitrogens with zero attached hydrogens (tertiary/aromatic N) is 3. The van der Waals surface area contributed by atoms with Gasteiger partial charge >= 0.3 is 0 Å². The van der Waals surface area contributed by atoms with Gasteiger partial charge in [0.2, 0.25) is 0 Å². The molecule has 5 rings (SSSR count). The number of carbonyl (C=O) groups excluding carboxylic acids is 2. The molecule has 2 bridgehead atoms. The van der Waals surface area contributed by atoms with Crippen LogP contribution in [0.5, 0.6) is 0 Å². The van der Waals surface area contributed by atoms with Gasteiger partial charge in [-0.15, -0.1) is 0 Å². The van der Waals surface area contributed by atoms with Crippen molar-refractivity contribution in [3.63, 3.8) is 0 Å². The second-order valence-electron chi connectivity index (χ2n) is 7.58. The number of halogens is 1. The Morgan fingerprint density at radius 3 is 2.43 bits per heavy atom. The van der Waals surface area contributed by atoms with Gasteiger partial charge in [0.1, 0.15) is 11.5 Å². The molecule has 2 amide bonds. The summed E-state index contributed by atoms with van der Waals surface area (Å²) in [6.07, 6.45) is 2.38. The van der Waals surface area contributed by atoms with E-state index in [9.17, 15) is 14.0 Å². The maximum atomic E-state index is 14.3. The highest BCUT2D eigenvalue weighted by atomic mass is 19.1. The van der Waals surface area contributed by atoms with E-state index < -0.39 is 11.7 Å². The largest absolute Gasteiger partial charge is 0.398 e. The number of aryl methyl sites for hydroxylation is 2. The number of fused-ring (bicyclic) bond motifs is 3. The van der Waals surface area contributed by atoms with Crippen LogP contribution >= 0.6 is 0 Å². The third-order valence-electron chi connectivity index (χ3n) is 5.91. The summed E-state index contributed by atoms with van der Waals surface area (Å²) in [5.41, 5.74) is 8.10. The number of carbonyl (C=O) groups is 2. The molecule has 1 aromatic carbocycles. The van der Waals surface area contributed by atoms with Crippen molar-refractivity contribution in [3.8, 4) is 0 Å². The van der Waals surface area contributed by atoms with Crippen molar-refractivity contribution in [2.75, 3.05) is 18.8 Å². The Balaban J connectivity index is 1.55. The molecule has 1 aromatic heterocycles. The smallest absolute Gasteiger partial charge is 0.274 e. The van der Waals surface area contributed by atoms with Crippen molar-refractivity contribution in [2.24, 2.45) is 0 Å². The summed E-state index contributed by atoms with van der Waals surface area (Å²) in [7, 11) is 0. The molecule has 2 unspecified atom stereocenters. The number of piperidine rings is 2. The molecule has 148 valence electrons. The van der Waals surface area contributed by atoms with Crippen LogP contribution in [0.1, 0.15) is 51.9 Å². The molecule has 3 saturated heterocycles.